The number of anilines is 2. The molecule has 0 bridgehead atoms. The number of pyridine rings is 1. The van der Waals surface area contributed by atoms with Crippen LogP contribution in [0.4, 0.5) is 11.4 Å². The quantitative estimate of drug-likeness (QED) is 0.196. The first-order chi connectivity index (χ1) is 24.7. The minimum absolute atomic E-state index is 0.655. The Morgan fingerprint density at radius 3 is 1.60 bits per heavy atom. The number of nitrogens with zero attached hydrogens (tertiary/aromatic N) is 5. The molecule has 0 spiro atoms. The van der Waals surface area contributed by atoms with Crippen molar-refractivity contribution in [3.63, 3.8) is 0 Å². The van der Waals surface area contributed by atoms with Crippen LogP contribution in [0.2, 0.25) is 0 Å². The maximum absolute atomic E-state index is 5.53. The third-order valence-electron chi connectivity index (χ3n) is 12.0. The molecule has 8 rings (SSSR count). The normalized spacial score (nSPS) is 25.0. The van der Waals surface area contributed by atoms with E-state index in [1.54, 1.807) is 12.7 Å². The smallest absolute Gasteiger partial charge is 0.142 e. The molecule has 50 heavy (non-hydrogen) atoms. The minimum atomic E-state index is 0.655. The van der Waals surface area contributed by atoms with E-state index >= 15 is 0 Å². The number of para-hydroxylation sites is 3. The second-order valence-corrected chi connectivity index (χ2v) is 14.7. The molecule has 0 radical (unpaired) electrons. The van der Waals surface area contributed by atoms with Gasteiger partial charge >= 0.3 is 0 Å². The summed E-state index contributed by atoms with van der Waals surface area (Å²) in [4.78, 5) is 15.0. The fourth-order valence-corrected chi connectivity index (χ4v) is 9.06. The van der Waals surface area contributed by atoms with Gasteiger partial charge in [0.1, 0.15) is 5.75 Å². The second kappa shape index (κ2) is 17.4. The molecule has 0 amide bonds. The molecule has 0 unspecified atom stereocenters. The second-order valence-electron chi connectivity index (χ2n) is 14.7. The largest absolute Gasteiger partial charge is 0.495 e. The molecule has 0 atom stereocenters. The Kier molecular flexibility index (Phi) is 12.0. The van der Waals surface area contributed by atoms with Crippen LogP contribution in [-0.2, 0) is 0 Å². The summed E-state index contributed by atoms with van der Waals surface area (Å²) >= 11 is 0. The van der Waals surface area contributed by atoms with Crippen LogP contribution in [0.1, 0.15) is 74.5 Å². The zero-order chi connectivity index (χ0) is 34.0. The molecule has 6 nitrogen and oxygen atoms in total. The molecule has 0 N–H and O–H groups in total. The predicted molar refractivity (Wildman–Crippen MR) is 208 cm³/mol. The summed E-state index contributed by atoms with van der Waals surface area (Å²) in [5, 5.41) is 0. The zero-order valence-electron chi connectivity index (χ0n) is 30.2. The Balaban J connectivity index is 0.000000157. The van der Waals surface area contributed by atoms with Crippen molar-refractivity contribution in [3.05, 3.63) is 121 Å². The average molecular weight is 672 g/mol. The molecule has 3 aromatic carbocycles. The number of piperazine rings is 2. The van der Waals surface area contributed by atoms with Crippen LogP contribution in [0.3, 0.4) is 0 Å². The average Bonchev–Trinajstić information content (AvgIpc) is 3.22. The number of ether oxygens (including phenoxy) is 1. The maximum Gasteiger partial charge on any atom is 0.142 e. The fraction of sp³-hybridized carbons (Fsp3) is 0.477. The van der Waals surface area contributed by atoms with Gasteiger partial charge in [-0.1, -0.05) is 66.7 Å². The summed E-state index contributed by atoms with van der Waals surface area (Å²) in [5.74, 6) is 2.42. The van der Waals surface area contributed by atoms with Gasteiger partial charge in [-0.25, -0.2) is 0 Å². The molecule has 2 saturated heterocycles. The lowest BCUT2D eigenvalue weighted by molar-refractivity contribution is 0.140. The third kappa shape index (κ3) is 8.70. The van der Waals surface area contributed by atoms with Gasteiger partial charge in [0.25, 0.3) is 0 Å². The molecular formula is C44H57N5O. The lowest BCUT2D eigenvalue weighted by atomic mass is 9.81. The van der Waals surface area contributed by atoms with Crippen LogP contribution >= 0.6 is 0 Å². The minimum Gasteiger partial charge on any atom is -0.495 e. The Labute approximate surface area is 301 Å². The van der Waals surface area contributed by atoms with Crippen molar-refractivity contribution in [2.24, 2.45) is 0 Å². The molecule has 2 saturated carbocycles. The van der Waals surface area contributed by atoms with E-state index in [1.807, 2.05) is 18.3 Å². The van der Waals surface area contributed by atoms with E-state index in [9.17, 15) is 0 Å². The molecule has 3 heterocycles. The fourth-order valence-electron chi connectivity index (χ4n) is 9.06. The molecule has 2 aliphatic heterocycles. The first-order valence-corrected chi connectivity index (χ1v) is 19.4. The van der Waals surface area contributed by atoms with Gasteiger partial charge in [-0.3, -0.25) is 14.8 Å². The lowest BCUT2D eigenvalue weighted by Crippen LogP contribution is -2.51. The molecular weight excluding hydrogens is 615 g/mol. The van der Waals surface area contributed by atoms with Gasteiger partial charge in [0.2, 0.25) is 0 Å². The van der Waals surface area contributed by atoms with Crippen molar-refractivity contribution in [2.45, 2.75) is 75.3 Å². The van der Waals surface area contributed by atoms with Crippen LogP contribution in [0.5, 0.6) is 5.75 Å². The number of hydrogen-bond donors (Lipinski definition) is 0. The topological polar surface area (TPSA) is 35.1 Å². The maximum atomic E-state index is 5.53. The van der Waals surface area contributed by atoms with Crippen LogP contribution in [0, 0.1) is 0 Å². The predicted octanol–water partition coefficient (Wildman–Crippen LogP) is 8.47. The SMILES string of the molecule is COc1ccccc1N1CCN(C2CCC(c3ccccn3)CC2)CC1.c1ccc(C2CCC(N3CCN(c4ccccc4)CC3)CC2)cc1. The number of benzene rings is 3. The summed E-state index contributed by atoms with van der Waals surface area (Å²) < 4.78 is 5.53. The van der Waals surface area contributed by atoms with Crippen molar-refractivity contribution in [2.75, 3.05) is 69.3 Å². The van der Waals surface area contributed by atoms with Gasteiger partial charge in [-0.15, -0.1) is 0 Å². The number of rotatable bonds is 7. The molecule has 264 valence electrons. The Morgan fingerprint density at radius 1 is 0.500 bits per heavy atom. The summed E-state index contributed by atoms with van der Waals surface area (Å²) in [5.41, 5.74) is 5.44. The molecule has 4 aromatic rings. The number of methoxy groups -OCH3 is 1. The van der Waals surface area contributed by atoms with Crippen molar-refractivity contribution in [3.8, 4) is 5.75 Å². The summed E-state index contributed by atoms with van der Waals surface area (Å²) in [7, 11) is 1.76. The van der Waals surface area contributed by atoms with E-state index in [2.05, 4.69) is 116 Å². The highest BCUT2D eigenvalue weighted by molar-refractivity contribution is 5.58. The highest BCUT2D eigenvalue weighted by Crippen LogP contribution is 2.36. The van der Waals surface area contributed by atoms with E-state index in [4.69, 9.17) is 4.74 Å². The van der Waals surface area contributed by atoms with E-state index in [-0.39, 0.29) is 0 Å². The Morgan fingerprint density at radius 2 is 1.02 bits per heavy atom. The van der Waals surface area contributed by atoms with Crippen molar-refractivity contribution < 1.29 is 4.74 Å². The number of hydrogen-bond acceptors (Lipinski definition) is 6. The Hall–Kier alpha value is -3.87. The first-order valence-electron chi connectivity index (χ1n) is 19.4. The highest BCUT2D eigenvalue weighted by Gasteiger charge is 2.31. The van der Waals surface area contributed by atoms with Gasteiger partial charge in [0.05, 0.1) is 12.8 Å². The molecule has 1 aromatic heterocycles. The van der Waals surface area contributed by atoms with Crippen molar-refractivity contribution in [1.29, 1.82) is 0 Å². The molecule has 2 aliphatic carbocycles. The molecule has 4 fully saturated rings. The van der Waals surface area contributed by atoms with Crippen LogP contribution < -0.4 is 14.5 Å². The van der Waals surface area contributed by atoms with Crippen molar-refractivity contribution in [1.82, 2.24) is 14.8 Å². The van der Waals surface area contributed by atoms with Gasteiger partial charge in [-0.05, 0) is 99.2 Å². The standard InChI is InChI=1S/C22H29N3O.C22H28N2/c1-26-22-8-3-2-7-21(22)25-16-14-24(15-17-25)19-11-9-18(10-12-19)20-6-4-5-13-23-20;1-3-7-19(8-4-1)20-11-13-22(14-12-20)24-17-15-23(16-18-24)21-9-5-2-6-10-21/h2-8,13,18-19H,9-12,14-17H2,1H3;1-10,20,22H,11-18H2. The monoisotopic (exact) mass is 671 g/mol. The highest BCUT2D eigenvalue weighted by atomic mass is 16.5. The van der Waals surface area contributed by atoms with Gasteiger partial charge < -0.3 is 14.5 Å². The van der Waals surface area contributed by atoms with Crippen LogP contribution in [0.15, 0.2) is 109 Å². The Bertz CT molecular complexity index is 1480. The van der Waals surface area contributed by atoms with E-state index in [0.29, 0.717) is 5.92 Å². The lowest BCUT2D eigenvalue weighted by Gasteiger charge is -2.42. The van der Waals surface area contributed by atoms with E-state index in [0.717, 1.165) is 49.9 Å². The van der Waals surface area contributed by atoms with Gasteiger partial charge in [-0.2, -0.15) is 0 Å². The van der Waals surface area contributed by atoms with E-state index in [1.165, 1.54) is 94.6 Å². The zero-order valence-corrected chi connectivity index (χ0v) is 30.2. The molecule has 4 aliphatic rings. The van der Waals surface area contributed by atoms with Gasteiger partial charge in [0, 0.05) is 87.9 Å². The number of aromatic nitrogens is 1. The first kappa shape index (κ1) is 34.6. The van der Waals surface area contributed by atoms with Crippen LogP contribution in [-0.4, -0.2) is 86.3 Å². The summed E-state index contributed by atoms with van der Waals surface area (Å²) in [6.45, 7) is 9.24. The van der Waals surface area contributed by atoms with Gasteiger partial charge in [0.15, 0.2) is 0 Å². The van der Waals surface area contributed by atoms with E-state index < -0.39 is 0 Å². The van der Waals surface area contributed by atoms with Crippen LogP contribution in [0.25, 0.3) is 0 Å². The summed E-state index contributed by atoms with van der Waals surface area (Å²) in [6, 6.07) is 38.2. The summed E-state index contributed by atoms with van der Waals surface area (Å²) in [6.07, 6.45) is 12.5. The van der Waals surface area contributed by atoms with Crippen molar-refractivity contribution >= 4 is 11.4 Å². The third-order valence-corrected chi connectivity index (χ3v) is 12.0. The molecule has 6 heteroatoms.